The van der Waals surface area contributed by atoms with E-state index in [1.165, 1.54) is 0 Å². The number of rotatable bonds is 5. The molecule has 2 amide bonds. The molecule has 1 unspecified atom stereocenters. The molecule has 6 rings (SSSR count). The third-order valence-corrected chi connectivity index (χ3v) is 7.28. The van der Waals surface area contributed by atoms with Crippen LogP contribution in [0.3, 0.4) is 0 Å². The molecule has 2 aromatic carbocycles. The van der Waals surface area contributed by atoms with Gasteiger partial charge in [0.1, 0.15) is 11.9 Å². The predicted molar refractivity (Wildman–Crippen MR) is 144 cm³/mol. The van der Waals surface area contributed by atoms with Crippen LogP contribution in [0.2, 0.25) is 0 Å². The van der Waals surface area contributed by atoms with E-state index in [2.05, 4.69) is 49.4 Å². The zero-order valence-electron chi connectivity index (χ0n) is 21.7. The Kier molecular flexibility index (Phi) is 5.59. The van der Waals surface area contributed by atoms with Crippen molar-refractivity contribution in [2.75, 3.05) is 11.9 Å². The van der Waals surface area contributed by atoms with Gasteiger partial charge in [0, 0.05) is 48.9 Å². The fourth-order valence-corrected chi connectivity index (χ4v) is 5.34. The summed E-state index contributed by atoms with van der Waals surface area (Å²) in [5.41, 5.74) is 6.93. The first-order valence-corrected chi connectivity index (χ1v) is 12.5. The summed E-state index contributed by atoms with van der Waals surface area (Å²) in [7, 11) is 3.68. The standard InChI is InChI=1S/C28H28N8O2/c1-16-24(17(2)35(4)33-16)20-14-36-15-21(28(38)34(3)22-12-8-11-19(20)25(22)36)29-27(37)26-30-23(31-32-26)13-18-9-6-5-7-10-18/h5-12,14,21H,13,15H2,1-4H3,(H,29,37)(H,30,31,32). The number of anilines is 1. The third-order valence-electron chi connectivity index (χ3n) is 7.28. The van der Waals surface area contributed by atoms with Crippen molar-refractivity contribution in [1.29, 1.82) is 0 Å². The molecule has 0 bridgehead atoms. The first-order chi connectivity index (χ1) is 18.3. The van der Waals surface area contributed by atoms with Crippen molar-refractivity contribution in [1.82, 2.24) is 34.8 Å². The average Bonchev–Trinajstić information content (AvgIpc) is 3.57. The second-order valence-electron chi connectivity index (χ2n) is 9.73. The van der Waals surface area contributed by atoms with E-state index < -0.39 is 11.9 Å². The molecule has 0 aliphatic carbocycles. The Morgan fingerprint density at radius 1 is 1.11 bits per heavy atom. The average molecular weight is 509 g/mol. The van der Waals surface area contributed by atoms with Crippen LogP contribution in [0.5, 0.6) is 0 Å². The highest BCUT2D eigenvalue weighted by Gasteiger charge is 2.33. The summed E-state index contributed by atoms with van der Waals surface area (Å²) in [5.74, 6) is -0.115. The van der Waals surface area contributed by atoms with Crippen molar-refractivity contribution in [2.45, 2.75) is 32.9 Å². The van der Waals surface area contributed by atoms with Gasteiger partial charge in [-0.15, -0.1) is 5.10 Å². The fourth-order valence-electron chi connectivity index (χ4n) is 5.34. The van der Waals surface area contributed by atoms with Gasteiger partial charge in [0.15, 0.2) is 0 Å². The van der Waals surface area contributed by atoms with Crippen LogP contribution >= 0.6 is 0 Å². The molecular weight excluding hydrogens is 480 g/mol. The van der Waals surface area contributed by atoms with Crippen molar-refractivity contribution in [3.05, 3.63) is 83.3 Å². The molecule has 0 radical (unpaired) electrons. The number of amides is 2. The van der Waals surface area contributed by atoms with Crippen molar-refractivity contribution in [3.63, 3.8) is 0 Å². The first-order valence-electron chi connectivity index (χ1n) is 12.5. The number of hydrogen-bond donors (Lipinski definition) is 2. The summed E-state index contributed by atoms with van der Waals surface area (Å²) in [6, 6.07) is 15.0. The lowest BCUT2D eigenvalue weighted by Crippen LogP contribution is -2.48. The topological polar surface area (TPSA) is 114 Å². The van der Waals surface area contributed by atoms with Crippen molar-refractivity contribution in [2.24, 2.45) is 7.05 Å². The van der Waals surface area contributed by atoms with Gasteiger partial charge in [0.2, 0.25) is 5.82 Å². The lowest BCUT2D eigenvalue weighted by atomic mass is 10.0. The van der Waals surface area contributed by atoms with E-state index in [1.807, 2.05) is 61.1 Å². The highest BCUT2D eigenvalue weighted by Crippen LogP contribution is 2.39. The Morgan fingerprint density at radius 3 is 2.63 bits per heavy atom. The minimum atomic E-state index is -0.796. The number of benzene rings is 2. The number of aromatic amines is 1. The fraction of sp³-hybridized carbons (Fsp3) is 0.250. The lowest BCUT2D eigenvalue weighted by molar-refractivity contribution is -0.120. The quantitative estimate of drug-likeness (QED) is 0.379. The van der Waals surface area contributed by atoms with Gasteiger partial charge in [0.25, 0.3) is 11.8 Å². The van der Waals surface area contributed by atoms with Crippen LogP contribution in [-0.4, -0.2) is 54.4 Å². The molecule has 4 heterocycles. The summed E-state index contributed by atoms with van der Waals surface area (Å²) in [4.78, 5) is 32.6. The number of aromatic nitrogens is 6. The van der Waals surface area contributed by atoms with E-state index in [1.54, 1.807) is 11.9 Å². The van der Waals surface area contributed by atoms with Gasteiger partial charge in [-0.1, -0.05) is 42.5 Å². The molecule has 0 spiro atoms. The van der Waals surface area contributed by atoms with Crippen LogP contribution in [0.4, 0.5) is 5.69 Å². The molecule has 0 saturated heterocycles. The summed E-state index contributed by atoms with van der Waals surface area (Å²) in [6.07, 6.45) is 2.58. The van der Waals surface area contributed by atoms with E-state index in [0.29, 0.717) is 12.2 Å². The molecule has 38 heavy (non-hydrogen) atoms. The molecule has 0 saturated carbocycles. The molecule has 1 aliphatic rings. The van der Waals surface area contributed by atoms with Crippen molar-refractivity contribution in [3.8, 4) is 11.1 Å². The van der Waals surface area contributed by atoms with E-state index in [0.717, 1.165) is 44.7 Å². The number of carbonyl (C=O) groups excluding carboxylic acids is 2. The Labute approximate surface area is 219 Å². The van der Waals surface area contributed by atoms with Crippen LogP contribution in [0, 0.1) is 13.8 Å². The van der Waals surface area contributed by atoms with Gasteiger partial charge >= 0.3 is 0 Å². The summed E-state index contributed by atoms with van der Waals surface area (Å²) < 4.78 is 3.93. The van der Waals surface area contributed by atoms with E-state index in [9.17, 15) is 9.59 Å². The third kappa shape index (κ3) is 3.85. The highest BCUT2D eigenvalue weighted by molar-refractivity contribution is 6.10. The molecule has 2 N–H and O–H groups in total. The van der Waals surface area contributed by atoms with Gasteiger partial charge in [-0.3, -0.25) is 19.4 Å². The van der Waals surface area contributed by atoms with Gasteiger partial charge in [-0.25, -0.2) is 4.98 Å². The second kappa shape index (κ2) is 8.98. The zero-order chi connectivity index (χ0) is 26.6. The number of nitrogens with zero attached hydrogens (tertiary/aromatic N) is 6. The number of carbonyl (C=O) groups is 2. The van der Waals surface area contributed by atoms with Gasteiger partial charge < -0.3 is 14.8 Å². The first kappa shape index (κ1) is 23.7. The minimum absolute atomic E-state index is 0.00750. The molecular formula is C28H28N8O2. The minimum Gasteiger partial charge on any atom is -0.343 e. The predicted octanol–water partition coefficient (Wildman–Crippen LogP) is 3.14. The number of nitrogens with one attached hydrogen (secondary N) is 2. The van der Waals surface area contributed by atoms with Gasteiger partial charge in [0.05, 0.1) is 23.4 Å². The van der Waals surface area contributed by atoms with E-state index in [-0.39, 0.29) is 18.3 Å². The maximum absolute atomic E-state index is 13.5. The van der Waals surface area contributed by atoms with Crippen molar-refractivity contribution >= 4 is 28.4 Å². The number of hydrogen-bond acceptors (Lipinski definition) is 5. The zero-order valence-corrected chi connectivity index (χ0v) is 21.7. The van der Waals surface area contributed by atoms with Crippen LogP contribution in [-0.2, 0) is 24.8 Å². The van der Waals surface area contributed by atoms with Gasteiger partial charge in [-0.2, -0.15) is 5.10 Å². The van der Waals surface area contributed by atoms with Crippen LogP contribution in [0.15, 0.2) is 54.7 Å². The number of aryl methyl sites for hydroxylation is 2. The molecule has 10 heteroatoms. The Hall–Kier alpha value is -4.73. The smallest absolute Gasteiger partial charge is 0.291 e. The molecule has 192 valence electrons. The lowest BCUT2D eigenvalue weighted by Gasteiger charge is -2.21. The molecule has 10 nitrogen and oxygen atoms in total. The maximum atomic E-state index is 13.5. The van der Waals surface area contributed by atoms with E-state index >= 15 is 0 Å². The summed E-state index contributed by atoms with van der Waals surface area (Å²) >= 11 is 0. The number of para-hydroxylation sites is 1. The molecule has 5 aromatic rings. The summed E-state index contributed by atoms with van der Waals surface area (Å²) in [6.45, 7) is 4.33. The Morgan fingerprint density at radius 2 is 1.89 bits per heavy atom. The van der Waals surface area contributed by atoms with E-state index in [4.69, 9.17) is 0 Å². The summed E-state index contributed by atoms with van der Waals surface area (Å²) in [5, 5.41) is 15.4. The molecule has 1 atom stereocenters. The normalized spacial score (nSPS) is 15.2. The molecule has 0 fully saturated rings. The monoisotopic (exact) mass is 508 g/mol. The Bertz CT molecular complexity index is 1690. The maximum Gasteiger partial charge on any atom is 0.291 e. The Balaban J connectivity index is 1.32. The largest absolute Gasteiger partial charge is 0.343 e. The SMILES string of the molecule is Cc1nn(C)c(C)c1-c1cn2c3c(cccc13)N(C)C(=O)C(NC(=O)c1n[nH]c(Cc3ccccc3)n1)C2. The van der Waals surface area contributed by atoms with Crippen LogP contribution in [0.1, 0.15) is 33.4 Å². The molecule has 1 aliphatic heterocycles. The van der Waals surface area contributed by atoms with Crippen LogP contribution in [0.25, 0.3) is 22.0 Å². The van der Waals surface area contributed by atoms with Gasteiger partial charge in [-0.05, 0) is 25.5 Å². The second-order valence-corrected chi connectivity index (χ2v) is 9.73. The highest BCUT2D eigenvalue weighted by atomic mass is 16.2. The number of likely N-dealkylation sites (N-methyl/N-ethyl adjacent to an activating group) is 1. The number of H-pyrrole nitrogens is 1. The molecule has 3 aromatic heterocycles. The van der Waals surface area contributed by atoms with Crippen LogP contribution < -0.4 is 10.2 Å². The van der Waals surface area contributed by atoms with Crippen molar-refractivity contribution < 1.29 is 9.59 Å².